The highest BCUT2D eigenvalue weighted by Crippen LogP contribution is 2.37. The fraction of sp³-hybridized carbons (Fsp3) is 0.261. The van der Waals surface area contributed by atoms with Crippen molar-refractivity contribution in [3.63, 3.8) is 0 Å². The van der Waals surface area contributed by atoms with E-state index in [0.717, 1.165) is 6.08 Å². The van der Waals surface area contributed by atoms with Crippen LogP contribution in [0.15, 0.2) is 58.4 Å². The minimum Gasteiger partial charge on any atom is -0.376 e. The summed E-state index contributed by atoms with van der Waals surface area (Å²) in [5, 5.41) is 18.5. The van der Waals surface area contributed by atoms with Gasteiger partial charge in [-0.25, -0.2) is 9.18 Å². The van der Waals surface area contributed by atoms with Crippen molar-refractivity contribution < 1.29 is 18.8 Å². The van der Waals surface area contributed by atoms with Crippen molar-refractivity contribution in [2.75, 3.05) is 5.32 Å². The number of benzene rings is 2. The molecular formula is C23H22ClFN2O4. The number of aryl methyl sites for hydroxylation is 1. The lowest BCUT2D eigenvalue weighted by molar-refractivity contribution is -0.131. The number of hydrogen-bond donors (Lipinski definition) is 2. The van der Waals surface area contributed by atoms with Crippen LogP contribution < -0.4 is 10.9 Å². The van der Waals surface area contributed by atoms with Crippen molar-refractivity contribution in [1.29, 1.82) is 0 Å². The van der Waals surface area contributed by atoms with Gasteiger partial charge in [-0.2, -0.15) is 0 Å². The molecule has 1 atom stereocenters. The average molecular weight is 445 g/mol. The van der Waals surface area contributed by atoms with Crippen molar-refractivity contribution in [2.45, 2.75) is 38.2 Å². The summed E-state index contributed by atoms with van der Waals surface area (Å²) in [6.07, 6.45) is 1.10. The van der Waals surface area contributed by atoms with Crippen LogP contribution in [0.25, 0.3) is 10.8 Å². The summed E-state index contributed by atoms with van der Waals surface area (Å²) in [7, 11) is 0. The van der Waals surface area contributed by atoms with E-state index in [1.165, 1.54) is 30.3 Å². The third kappa shape index (κ3) is 4.52. The van der Waals surface area contributed by atoms with E-state index in [2.05, 4.69) is 17.1 Å². The molecule has 2 N–H and O–H groups in total. The maximum atomic E-state index is 13.4. The standard InChI is InChI=1S/C23H22ClFN2O4/c1-5-23(30,12-22(3,4)18-9-6-14(25)10-19(18)24)21(29)26-15-7-8-16-17(11-15)13(2)27-31-20(16)28/h5-11,30H,1,12H2,2-4H3,(H,26,29). The first-order valence-electron chi connectivity index (χ1n) is 9.50. The van der Waals surface area contributed by atoms with E-state index in [9.17, 15) is 19.1 Å². The summed E-state index contributed by atoms with van der Waals surface area (Å²) < 4.78 is 18.1. The highest BCUT2D eigenvalue weighted by Gasteiger charge is 2.40. The summed E-state index contributed by atoms with van der Waals surface area (Å²) >= 11 is 6.19. The Hall–Kier alpha value is -3.03. The Morgan fingerprint density at radius 1 is 1.29 bits per heavy atom. The van der Waals surface area contributed by atoms with Gasteiger partial charge in [0.15, 0.2) is 5.60 Å². The molecule has 0 aliphatic heterocycles. The maximum absolute atomic E-state index is 13.4. The number of carbonyl (C=O) groups excluding carboxylic acids is 1. The largest absolute Gasteiger partial charge is 0.376 e. The molecule has 3 aromatic rings. The van der Waals surface area contributed by atoms with Crippen molar-refractivity contribution in [3.8, 4) is 0 Å². The molecule has 0 saturated carbocycles. The molecule has 2 aromatic carbocycles. The Labute approximate surface area is 183 Å². The zero-order valence-corrected chi connectivity index (χ0v) is 18.1. The number of nitrogens with zero attached hydrogens (tertiary/aromatic N) is 1. The maximum Gasteiger partial charge on any atom is 0.366 e. The minimum atomic E-state index is -1.95. The molecule has 6 nitrogen and oxygen atoms in total. The molecule has 1 unspecified atom stereocenters. The molecule has 0 aliphatic rings. The van der Waals surface area contributed by atoms with Gasteiger partial charge in [-0.1, -0.05) is 49.3 Å². The minimum absolute atomic E-state index is 0.0571. The number of fused-ring (bicyclic) bond motifs is 1. The third-order valence-corrected chi connectivity index (χ3v) is 5.57. The van der Waals surface area contributed by atoms with Gasteiger partial charge in [0.05, 0.1) is 11.1 Å². The average Bonchev–Trinajstić information content (AvgIpc) is 2.70. The number of aromatic nitrogens is 1. The second-order valence-corrected chi connectivity index (χ2v) is 8.49. The van der Waals surface area contributed by atoms with Crippen LogP contribution in [0.1, 0.15) is 31.5 Å². The van der Waals surface area contributed by atoms with Crippen molar-refractivity contribution in [1.82, 2.24) is 5.16 Å². The summed E-state index contributed by atoms with van der Waals surface area (Å²) in [4.78, 5) is 24.8. The quantitative estimate of drug-likeness (QED) is 0.545. The van der Waals surface area contributed by atoms with Gasteiger partial charge in [0.25, 0.3) is 5.91 Å². The molecule has 8 heteroatoms. The van der Waals surface area contributed by atoms with Gasteiger partial charge in [0.2, 0.25) is 0 Å². The Bertz CT molecular complexity index is 1240. The van der Waals surface area contributed by atoms with E-state index < -0.39 is 28.4 Å². The van der Waals surface area contributed by atoms with E-state index in [4.69, 9.17) is 16.1 Å². The van der Waals surface area contributed by atoms with E-state index in [-0.39, 0.29) is 11.4 Å². The first-order chi connectivity index (χ1) is 14.5. The van der Waals surface area contributed by atoms with Gasteiger partial charge < -0.3 is 14.9 Å². The number of hydrogen-bond acceptors (Lipinski definition) is 5. The Morgan fingerprint density at radius 3 is 2.65 bits per heavy atom. The number of halogens is 2. The molecular weight excluding hydrogens is 423 g/mol. The predicted molar refractivity (Wildman–Crippen MR) is 118 cm³/mol. The summed E-state index contributed by atoms with van der Waals surface area (Å²) in [5.41, 5.74) is -1.88. The molecule has 3 rings (SSSR count). The lowest BCUT2D eigenvalue weighted by Gasteiger charge is -2.34. The van der Waals surface area contributed by atoms with Crippen LogP contribution in [0.4, 0.5) is 10.1 Å². The third-order valence-electron chi connectivity index (χ3n) is 5.26. The van der Waals surface area contributed by atoms with E-state index in [1.807, 2.05) is 0 Å². The first kappa shape index (κ1) is 22.7. The molecule has 0 radical (unpaired) electrons. The zero-order valence-electron chi connectivity index (χ0n) is 17.3. The van der Waals surface area contributed by atoms with E-state index in [1.54, 1.807) is 26.8 Å². The fourth-order valence-corrected chi connectivity index (χ4v) is 4.02. The van der Waals surface area contributed by atoms with Crippen LogP contribution in [0.3, 0.4) is 0 Å². The monoisotopic (exact) mass is 444 g/mol. The molecule has 0 spiro atoms. The fourth-order valence-electron chi connectivity index (χ4n) is 3.60. The molecule has 31 heavy (non-hydrogen) atoms. The van der Waals surface area contributed by atoms with Gasteiger partial charge in [-0.15, -0.1) is 0 Å². The van der Waals surface area contributed by atoms with Gasteiger partial charge in [0.1, 0.15) is 5.82 Å². The molecule has 1 aromatic heterocycles. The predicted octanol–water partition coefficient (Wildman–Crippen LogP) is 4.51. The molecule has 162 valence electrons. The van der Waals surface area contributed by atoms with Crippen molar-refractivity contribution in [2.24, 2.45) is 0 Å². The van der Waals surface area contributed by atoms with Crippen LogP contribution in [0.2, 0.25) is 5.02 Å². The Kier molecular flexibility index (Phi) is 6.02. The first-order valence-corrected chi connectivity index (χ1v) is 9.88. The van der Waals surface area contributed by atoms with Crippen LogP contribution in [-0.4, -0.2) is 21.8 Å². The van der Waals surface area contributed by atoms with Crippen molar-refractivity contribution >= 4 is 34.0 Å². The highest BCUT2D eigenvalue weighted by atomic mass is 35.5. The second-order valence-electron chi connectivity index (χ2n) is 8.08. The normalized spacial score (nSPS) is 13.6. The second kappa shape index (κ2) is 8.24. The summed E-state index contributed by atoms with van der Waals surface area (Å²) in [5.74, 6) is -1.18. The molecule has 0 aliphatic carbocycles. The Balaban J connectivity index is 1.89. The van der Waals surface area contributed by atoms with Crippen LogP contribution in [0.5, 0.6) is 0 Å². The van der Waals surface area contributed by atoms with E-state index in [0.29, 0.717) is 27.7 Å². The highest BCUT2D eigenvalue weighted by molar-refractivity contribution is 6.31. The van der Waals surface area contributed by atoms with Crippen LogP contribution in [0, 0.1) is 12.7 Å². The number of rotatable bonds is 6. The van der Waals surface area contributed by atoms with Crippen LogP contribution in [-0.2, 0) is 10.2 Å². The van der Waals surface area contributed by atoms with Gasteiger partial charge in [0, 0.05) is 16.1 Å². The van der Waals surface area contributed by atoms with Crippen molar-refractivity contribution in [3.05, 3.63) is 81.6 Å². The lowest BCUT2D eigenvalue weighted by Crippen LogP contribution is -2.45. The molecule has 1 heterocycles. The van der Waals surface area contributed by atoms with Gasteiger partial charge in [-0.3, -0.25) is 4.79 Å². The molecule has 0 bridgehead atoms. The number of carbonyl (C=O) groups is 1. The number of amides is 1. The summed E-state index contributed by atoms with van der Waals surface area (Å²) in [6.45, 7) is 8.87. The van der Waals surface area contributed by atoms with Crippen LogP contribution >= 0.6 is 11.6 Å². The summed E-state index contributed by atoms with van der Waals surface area (Å²) in [6, 6.07) is 8.62. The van der Waals surface area contributed by atoms with Gasteiger partial charge in [-0.05, 0) is 54.7 Å². The smallest absolute Gasteiger partial charge is 0.366 e. The SMILES string of the molecule is C=CC(O)(CC(C)(C)c1ccc(F)cc1Cl)C(=O)Nc1ccc2c(=O)onc(C)c2c1. The van der Waals surface area contributed by atoms with Gasteiger partial charge >= 0.3 is 5.63 Å². The number of anilines is 1. The number of nitrogens with one attached hydrogen (secondary N) is 1. The zero-order chi connectivity index (χ0) is 23.0. The topological polar surface area (TPSA) is 92.4 Å². The molecule has 0 saturated heterocycles. The molecule has 1 amide bonds. The van der Waals surface area contributed by atoms with E-state index >= 15 is 0 Å². The lowest BCUT2D eigenvalue weighted by atomic mass is 9.74. The molecule has 0 fully saturated rings. The Morgan fingerprint density at radius 2 is 2.00 bits per heavy atom. The number of aliphatic hydroxyl groups is 1.